The number of nitrogens with zero attached hydrogens (tertiary/aromatic N) is 2. The molecule has 2 aromatic rings. The maximum Gasteiger partial charge on any atom is 0.169 e. The Labute approximate surface area is 94.7 Å². The molecule has 0 spiro atoms. The van der Waals surface area contributed by atoms with E-state index >= 15 is 0 Å². The van der Waals surface area contributed by atoms with Gasteiger partial charge in [0, 0.05) is 12.7 Å². The van der Waals surface area contributed by atoms with Crippen molar-refractivity contribution in [1.29, 1.82) is 0 Å². The van der Waals surface area contributed by atoms with Gasteiger partial charge >= 0.3 is 0 Å². The van der Waals surface area contributed by atoms with E-state index in [-0.39, 0.29) is 0 Å². The van der Waals surface area contributed by atoms with Crippen LogP contribution in [0, 0.1) is 0 Å². The molecule has 82 valence electrons. The Morgan fingerprint density at radius 2 is 2.06 bits per heavy atom. The SMILES string of the molecule is O=Cc1cn(CCCc2ccccc2)cn1. The van der Waals surface area contributed by atoms with E-state index < -0.39 is 0 Å². The molecule has 0 saturated heterocycles. The Bertz CT molecular complexity index is 448. The zero-order valence-corrected chi connectivity index (χ0v) is 9.04. The lowest BCUT2D eigenvalue weighted by atomic mass is 10.1. The molecule has 1 heterocycles. The van der Waals surface area contributed by atoms with E-state index in [2.05, 4.69) is 29.2 Å². The number of benzene rings is 1. The summed E-state index contributed by atoms with van der Waals surface area (Å²) in [6, 6.07) is 10.4. The molecule has 1 aromatic carbocycles. The Morgan fingerprint density at radius 1 is 1.25 bits per heavy atom. The lowest BCUT2D eigenvalue weighted by molar-refractivity contribution is 0.111. The van der Waals surface area contributed by atoms with Crippen molar-refractivity contribution in [3.05, 3.63) is 54.1 Å². The highest BCUT2D eigenvalue weighted by atomic mass is 16.1. The fourth-order valence-electron chi connectivity index (χ4n) is 1.67. The number of carbonyl (C=O) groups excluding carboxylic acids is 1. The minimum Gasteiger partial charge on any atom is -0.337 e. The summed E-state index contributed by atoms with van der Waals surface area (Å²) in [4.78, 5) is 14.4. The minimum absolute atomic E-state index is 0.500. The summed E-state index contributed by atoms with van der Waals surface area (Å²) >= 11 is 0. The van der Waals surface area contributed by atoms with E-state index in [1.54, 1.807) is 12.5 Å². The second kappa shape index (κ2) is 5.26. The molecule has 0 amide bonds. The van der Waals surface area contributed by atoms with E-state index in [1.807, 2.05) is 10.6 Å². The lowest BCUT2D eigenvalue weighted by Crippen LogP contribution is -1.96. The second-order valence-electron chi connectivity index (χ2n) is 3.74. The molecule has 3 nitrogen and oxygen atoms in total. The van der Waals surface area contributed by atoms with Crippen LogP contribution in [-0.4, -0.2) is 15.8 Å². The highest BCUT2D eigenvalue weighted by Crippen LogP contribution is 2.04. The Hall–Kier alpha value is -1.90. The topological polar surface area (TPSA) is 34.9 Å². The molecule has 0 saturated carbocycles. The van der Waals surface area contributed by atoms with Gasteiger partial charge in [0.05, 0.1) is 6.33 Å². The van der Waals surface area contributed by atoms with Crippen LogP contribution in [0.15, 0.2) is 42.9 Å². The molecule has 0 aliphatic heterocycles. The van der Waals surface area contributed by atoms with Gasteiger partial charge in [-0.1, -0.05) is 30.3 Å². The summed E-state index contributed by atoms with van der Waals surface area (Å²) in [7, 11) is 0. The first-order chi connectivity index (χ1) is 7.88. The van der Waals surface area contributed by atoms with Gasteiger partial charge in [0.15, 0.2) is 6.29 Å². The van der Waals surface area contributed by atoms with Gasteiger partial charge in [-0.15, -0.1) is 0 Å². The summed E-state index contributed by atoms with van der Waals surface area (Å²) in [6.07, 6.45) is 6.36. The van der Waals surface area contributed by atoms with Crippen molar-refractivity contribution in [3.63, 3.8) is 0 Å². The van der Waals surface area contributed by atoms with Gasteiger partial charge in [0.2, 0.25) is 0 Å². The van der Waals surface area contributed by atoms with Crippen LogP contribution in [0.3, 0.4) is 0 Å². The summed E-state index contributed by atoms with van der Waals surface area (Å²) < 4.78 is 1.95. The smallest absolute Gasteiger partial charge is 0.169 e. The molecular weight excluding hydrogens is 200 g/mol. The number of hydrogen-bond donors (Lipinski definition) is 0. The summed E-state index contributed by atoms with van der Waals surface area (Å²) in [6.45, 7) is 0.899. The van der Waals surface area contributed by atoms with Crippen molar-refractivity contribution in [2.24, 2.45) is 0 Å². The number of hydrogen-bond acceptors (Lipinski definition) is 2. The van der Waals surface area contributed by atoms with E-state index in [0.717, 1.165) is 25.7 Å². The van der Waals surface area contributed by atoms with Gasteiger partial charge < -0.3 is 4.57 Å². The Balaban J connectivity index is 1.82. The van der Waals surface area contributed by atoms with Crippen LogP contribution in [-0.2, 0) is 13.0 Å². The molecule has 0 radical (unpaired) electrons. The molecule has 0 unspecified atom stereocenters. The van der Waals surface area contributed by atoms with Crippen LogP contribution in [0.25, 0.3) is 0 Å². The van der Waals surface area contributed by atoms with Crippen molar-refractivity contribution in [2.75, 3.05) is 0 Å². The minimum atomic E-state index is 0.500. The quantitative estimate of drug-likeness (QED) is 0.716. The first-order valence-electron chi connectivity index (χ1n) is 5.39. The molecule has 0 bridgehead atoms. The Morgan fingerprint density at radius 3 is 2.75 bits per heavy atom. The third-order valence-corrected chi connectivity index (χ3v) is 2.50. The molecule has 0 aliphatic carbocycles. The lowest BCUT2D eigenvalue weighted by Gasteiger charge is -2.02. The van der Waals surface area contributed by atoms with E-state index in [4.69, 9.17) is 0 Å². The van der Waals surface area contributed by atoms with Crippen LogP contribution in [0.1, 0.15) is 22.5 Å². The van der Waals surface area contributed by atoms with Crippen molar-refractivity contribution in [2.45, 2.75) is 19.4 Å². The first-order valence-corrected chi connectivity index (χ1v) is 5.39. The molecule has 0 fully saturated rings. The van der Waals surface area contributed by atoms with E-state index in [1.165, 1.54) is 5.56 Å². The number of imidazole rings is 1. The fraction of sp³-hybridized carbons (Fsp3) is 0.231. The zero-order valence-electron chi connectivity index (χ0n) is 9.04. The number of aldehydes is 1. The van der Waals surface area contributed by atoms with Gasteiger partial charge in [0.25, 0.3) is 0 Å². The van der Waals surface area contributed by atoms with Gasteiger partial charge in [-0.3, -0.25) is 4.79 Å². The predicted octanol–water partition coefficient (Wildman–Crippen LogP) is 2.33. The van der Waals surface area contributed by atoms with Gasteiger partial charge in [-0.25, -0.2) is 4.98 Å². The summed E-state index contributed by atoms with van der Waals surface area (Å²) in [5.41, 5.74) is 1.85. The van der Waals surface area contributed by atoms with Gasteiger partial charge in [-0.2, -0.15) is 0 Å². The van der Waals surface area contributed by atoms with E-state index in [9.17, 15) is 4.79 Å². The number of carbonyl (C=O) groups is 1. The van der Waals surface area contributed by atoms with Crippen LogP contribution in [0.2, 0.25) is 0 Å². The third-order valence-electron chi connectivity index (χ3n) is 2.50. The number of aromatic nitrogens is 2. The highest BCUT2D eigenvalue weighted by molar-refractivity contribution is 5.70. The molecule has 0 N–H and O–H groups in total. The first kappa shape index (κ1) is 10.6. The average Bonchev–Trinajstić information content (AvgIpc) is 2.78. The molecule has 1 aromatic heterocycles. The molecule has 16 heavy (non-hydrogen) atoms. The highest BCUT2D eigenvalue weighted by Gasteiger charge is 1.97. The zero-order chi connectivity index (χ0) is 11.2. The van der Waals surface area contributed by atoms with Crippen molar-refractivity contribution >= 4 is 6.29 Å². The second-order valence-corrected chi connectivity index (χ2v) is 3.74. The number of aryl methyl sites for hydroxylation is 2. The van der Waals surface area contributed by atoms with Gasteiger partial charge in [0.1, 0.15) is 5.69 Å². The van der Waals surface area contributed by atoms with E-state index in [0.29, 0.717) is 5.69 Å². The monoisotopic (exact) mass is 214 g/mol. The summed E-state index contributed by atoms with van der Waals surface area (Å²) in [5.74, 6) is 0. The van der Waals surface area contributed by atoms with Crippen molar-refractivity contribution in [3.8, 4) is 0 Å². The van der Waals surface area contributed by atoms with Crippen LogP contribution < -0.4 is 0 Å². The van der Waals surface area contributed by atoms with Crippen molar-refractivity contribution < 1.29 is 4.79 Å². The third kappa shape index (κ3) is 2.79. The van der Waals surface area contributed by atoms with Gasteiger partial charge in [-0.05, 0) is 18.4 Å². The average molecular weight is 214 g/mol. The Kier molecular flexibility index (Phi) is 3.49. The summed E-state index contributed by atoms with van der Waals surface area (Å²) in [5, 5.41) is 0. The van der Waals surface area contributed by atoms with Crippen LogP contribution >= 0.6 is 0 Å². The largest absolute Gasteiger partial charge is 0.337 e. The van der Waals surface area contributed by atoms with Crippen LogP contribution in [0.5, 0.6) is 0 Å². The standard InChI is InChI=1S/C13H14N2O/c16-10-13-9-15(11-14-13)8-4-7-12-5-2-1-3-6-12/h1-3,5-6,9-11H,4,7-8H2. The molecule has 2 rings (SSSR count). The molecule has 0 atom stereocenters. The fourth-order valence-corrected chi connectivity index (χ4v) is 1.67. The van der Waals surface area contributed by atoms with Crippen molar-refractivity contribution in [1.82, 2.24) is 9.55 Å². The maximum atomic E-state index is 10.4. The maximum absolute atomic E-state index is 10.4. The predicted molar refractivity (Wildman–Crippen MR) is 62.4 cm³/mol. The normalized spacial score (nSPS) is 10.2. The molecule has 0 aliphatic rings. The molecular formula is C13H14N2O. The molecule has 3 heteroatoms. The number of rotatable bonds is 5. The van der Waals surface area contributed by atoms with Crippen LogP contribution in [0.4, 0.5) is 0 Å².